The highest BCUT2D eigenvalue weighted by atomic mass is 32.2. The first-order valence-electron chi connectivity index (χ1n) is 40.6. The molecule has 16 N–H and O–H groups in total. The van der Waals surface area contributed by atoms with Crippen LogP contribution in [-0.2, 0) is 26.0 Å². The number of hydrogen-bond acceptors (Lipinski definition) is 27. The first-order valence-corrected chi connectivity index (χ1v) is 45.9. The molecule has 6 fully saturated rings. The Bertz CT molecular complexity index is 5970. The number of anilines is 5. The number of aromatic amines is 11. The van der Waals surface area contributed by atoms with Gasteiger partial charge in [0.15, 0.2) is 5.13 Å². The third-order valence-corrected chi connectivity index (χ3v) is 28.2. The van der Waals surface area contributed by atoms with Crippen LogP contribution in [0.15, 0.2) is 201 Å². The van der Waals surface area contributed by atoms with Crippen LogP contribution < -0.4 is 54.4 Å². The van der Waals surface area contributed by atoms with Gasteiger partial charge in [-0.25, -0.2) is 19.9 Å². The zero-order valence-corrected chi connectivity index (χ0v) is 71.6. The van der Waals surface area contributed by atoms with Crippen molar-refractivity contribution < 1.29 is 18.9 Å². The maximum absolute atomic E-state index is 11.6. The lowest BCUT2D eigenvalue weighted by atomic mass is 9.95. The molecule has 6 aliphatic rings. The first-order chi connectivity index (χ1) is 59.6. The number of aryl methyl sites for hydroxylation is 2. The van der Waals surface area contributed by atoms with Gasteiger partial charge in [-0.3, -0.25) is 80.1 Å². The van der Waals surface area contributed by atoms with Crippen LogP contribution >= 0.6 is 70.1 Å². The second-order valence-corrected chi connectivity index (χ2v) is 39.1. The number of nitrogens with zero attached hydrogens (tertiary/aromatic N) is 8. The van der Waals surface area contributed by atoms with E-state index in [1.807, 2.05) is 145 Å². The lowest BCUT2D eigenvalue weighted by Crippen LogP contribution is -2.36. The Kier molecular flexibility index (Phi) is 27.1. The molecular weight excluding hydrogens is 1670 g/mol. The average molecular weight is 1760 g/mol. The lowest BCUT2D eigenvalue weighted by Gasteiger charge is -2.29. The van der Waals surface area contributed by atoms with Crippen LogP contribution in [-0.4, -0.2) is 205 Å². The average Bonchev–Trinajstić information content (AvgIpc) is 1.70. The van der Waals surface area contributed by atoms with Crippen LogP contribution in [0, 0.1) is 6.92 Å². The number of H-pyrrole nitrogens is 11. The number of ether oxygens (including phenoxy) is 4. The minimum absolute atomic E-state index is 0.0695. The van der Waals surface area contributed by atoms with E-state index in [0.29, 0.717) is 97.5 Å². The van der Waals surface area contributed by atoms with Gasteiger partial charge < -0.3 is 50.1 Å². The molecule has 5 aromatic carbocycles. The fourth-order valence-corrected chi connectivity index (χ4v) is 22.3. The number of nitrogens with one attached hydrogen (secondary N) is 16. The van der Waals surface area contributed by atoms with E-state index in [1.165, 1.54) is 41.1 Å². The molecule has 0 radical (unpaired) electrons. The van der Waals surface area contributed by atoms with Crippen molar-refractivity contribution in [3.63, 3.8) is 0 Å². The van der Waals surface area contributed by atoms with Crippen LogP contribution in [0.5, 0.6) is 0 Å². The molecule has 39 heteroatoms. The molecule has 14 heterocycles. The summed E-state index contributed by atoms with van der Waals surface area (Å²) in [5.41, 5.74) is 5.07. The van der Waals surface area contributed by atoms with E-state index >= 15 is 0 Å². The Morgan fingerprint density at radius 2 is 0.844 bits per heavy atom. The first kappa shape index (κ1) is 83.5. The molecule has 4 aliphatic heterocycles. The predicted octanol–water partition coefficient (Wildman–Crippen LogP) is 12.9. The molecular formula is C83H94N24O9S6. The zero-order chi connectivity index (χ0) is 83.3. The highest BCUT2D eigenvalue weighted by Gasteiger charge is 2.31. The Hall–Kier alpha value is -10.8. The maximum Gasteiger partial charge on any atom is 0.271 e. The summed E-state index contributed by atoms with van der Waals surface area (Å²) < 4.78 is 25.0. The van der Waals surface area contributed by atoms with E-state index in [4.69, 9.17) is 18.9 Å². The molecule has 10 unspecified atom stereocenters. The van der Waals surface area contributed by atoms with Crippen LogP contribution in [0.3, 0.4) is 0 Å². The van der Waals surface area contributed by atoms with Gasteiger partial charge in [0, 0.05) is 105 Å². The van der Waals surface area contributed by atoms with Gasteiger partial charge in [-0.15, -0.1) is 75.2 Å². The van der Waals surface area contributed by atoms with Crippen molar-refractivity contribution in [1.82, 2.24) is 95.9 Å². The number of pyridine rings is 1. The molecule has 0 spiro atoms. The Balaban J connectivity index is 0.000000108. The Morgan fingerprint density at radius 1 is 0.410 bits per heavy atom. The van der Waals surface area contributed by atoms with E-state index in [-0.39, 0.29) is 52.0 Å². The van der Waals surface area contributed by atoms with Crippen molar-refractivity contribution in [2.45, 2.75) is 158 Å². The zero-order valence-electron chi connectivity index (χ0n) is 66.7. The molecule has 0 amide bonds. The van der Waals surface area contributed by atoms with Crippen molar-refractivity contribution in [2.24, 2.45) is 7.05 Å². The molecule has 0 bridgehead atoms. The van der Waals surface area contributed by atoms with Gasteiger partial charge in [-0.05, 0) is 168 Å². The molecule has 636 valence electrons. The predicted molar refractivity (Wildman–Crippen MR) is 485 cm³/mol. The molecule has 21 rings (SSSR count). The van der Waals surface area contributed by atoms with E-state index in [0.717, 1.165) is 135 Å². The number of hydrogen-bond donors (Lipinski definition) is 16. The smallest absolute Gasteiger partial charge is 0.271 e. The summed E-state index contributed by atoms with van der Waals surface area (Å²) in [5, 5.41) is 66.6. The topological polar surface area (TPSA) is 451 Å². The minimum Gasteiger partial charge on any atom is -0.378 e. The summed E-state index contributed by atoms with van der Waals surface area (Å²) in [7, 11) is 1.95. The second kappa shape index (κ2) is 39.6. The fraction of sp³-hybridized carbons (Fsp3) is 0.373. The van der Waals surface area contributed by atoms with E-state index in [2.05, 4.69) is 131 Å². The SMILES string of the molecule is Cc1cnc(NC2COCC(Sc3ccc4c(=O)[nH][nH]c4c3)C2)s1.Cn1cnc(NC2COCC(Sc3ccc4c(=O)[nH][nH]c4c3)C2)c1.O=c1[nH][nH]c2cc(SC3CCCC(Nc4nccnn4)C3)ccc12.O=c1[nH][nH]c2cc(SC3COCC(Nc4cc(C5CC5)[nH]n4)C3)ccc12.O=c1[nH][nH]c2cc(SC3COCC(Nc4ccccn4)C3)ccc12. The second-order valence-electron chi connectivity index (χ2n) is 31.0. The molecule has 33 nitrogen and oxygen atoms in total. The van der Waals surface area contributed by atoms with Crippen LogP contribution in [0.25, 0.3) is 54.5 Å². The van der Waals surface area contributed by atoms with Crippen LogP contribution in [0.4, 0.5) is 28.5 Å². The summed E-state index contributed by atoms with van der Waals surface area (Å²) in [4.78, 5) is 82.0. The summed E-state index contributed by atoms with van der Waals surface area (Å²) in [6, 6.07) is 38.8. The maximum atomic E-state index is 11.6. The van der Waals surface area contributed by atoms with Gasteiger partial charge in [0.25, 0.3) is 27.8 Å². The molecule has 10 aromatic heterocycles. The van der Waals surface area contributed by atoms with Gasteiger partial charge in [-0.2, -0.15) is 10.2 Å². The fourth-order valence-electron chi connectivity index (χ4n) is 15.4. The number of thioether (sulfide) groups is 5. The lowest BCUT2D eigenvalue weighted by molar-refractivity contribution is 0.0920. The highest BCUT2D eigenvalue weighted by molar-refractivity contribution is 8.01. The van der Waals surface area contributed by atoms with Gasteiger partial charge in [0.05, 0.1) is 150 Å². The van der Waals surface area contributed by atoms with Crippen molar-refractivity contribution in [1.29, 1.82) is 0 Å². The van der Waals surface area contributed by atoms with Gasteiger partial charge in [0.1, 0.15) is 17.5 Å². The number of thiazole rings is 1. The molecule has 15 aromatic rings. The highest BCUT2D eigenvalue weighted by Crippen LogP contribution is 2.41. The van der Waals surface area contributed by atoms with E-state index < -0.39 is 0 Å². The van der Waals surface area contributed by atoms with Gasteiger partial charge in [0.2, 0.25) is 5.95 Å². The molecule has 2 aliphatic carbocycles. The summed E-state index contributed by atoms with van der Waals surface area (Å²) >= 11 is 10.7. The molecule has 4 saturated heterocycles. The van der Waals surface area contributed by atoms with Crippen LogP contribution in [0.1, 0.15) is 80.7 Å². The van der Waals surface area contributed by atoms with E-state index in [9.17, 15) is 24.0 Å². The van der Waals surface area contributed by atoms with Crippen LogP contribution in [0.2, 0.25) is 0 Å². The third kappa shape index (κ3) is 22.4. The largest absolute Gasteiger partial charge is 0.378 e. The number of fused-ring (bicyclic) bond motifs is 5. The number of aromatic nitrogens is 19. The normalized spacial score (nSPS) is 21.6. The Morgan fingerprint density at radius 3 is 1.25 bits per heavy atom. The van der Waals surface area contributed by atoms with Gasteiger partial charge in [-0.1, -0.05) is 12.5 Å². The van der Waals surface area contributed by atoms with Crippen molar-refractivity contribution >= 4 is 153 Å². The quantitative estimate of drug-likeness (QED) is 0.0318. The molecule has 2 saturated carbocycles. The number of rotatable bonds is 21. The summed E-state index contributed by atoms with van der Waals surface area (Å²) in [5.74, 6) is 3.95. The number of benzene rings is 5. The summed E-state index contributed by atoms with van der Waals surface area (Å²) in [6.45, 7) is 7.78. The molecule has 122 heavy (non-hydrogen) atoms. The molecule has 10 atom stereocenters. The summed E-state index contributed by atoms with van der Waals surface area (Å²) in [6.07, 6.45) is 21.8. The standard InChI is InChI=1S/C18H21N5O2S.C17H18N4O2S.C16H18N6OS.C16H19N5O2S.C16H18N4O2S2/c24-18-14-4-3-12(6-16(14)21-23-18)26-13-5-11(8-25-9-13)19-17-7-15(20-22-17)10-1-2-10;22-17-14-5-4-12(8-15(14)20-21-17)24-13-7-11(9-23-10-13)19-16-3-1-2-6-18-16;23-15-13-5-4-12(9-14(13)20-21-15)24-11-3-1-2-10(8-11)19-16-17-6-7-18-22-16;1-21-6-15(17-9-21)18-10-4-12(8-23-7-10)24-11-2-3-13-14(5-11)19-20-16(13)22;1-9-6-17-16(23-9)18-10-4-12(8-22-7-10)24-11-2-3-13-14(5-11)19-20-15(13)21/h3-4,6-7,10-11,13H,1-2,5,8-9H2,(H2,19,20,22)(H2,21,23,24);1-6,8,11,13H,7,9-10H2,(H,18,19)(H2,20,21,22);4-7,9-11H,1-3,8H2,(H,17,19,22)(H2,20,21,23);2-3,5-6,9-10,12,18H,4,7-8H2,1H3,(H2,19,20,22);2-3,5-6,10,12H,4,7-8H2,1H3,(H,17,18)(H2,19,20,21). The monoisotopic (exact) mass is 1760 g/mol. The van der Waals surface area contributed by atoms with Crippen molar-refractivity contribution in [3.8, 4) is 0 Å². The Labute approximate surface area is 722 Å². The number of imidazole rings is 1. The van der Waals surface area contributed by atoms with Gasteiger partial charge >= 0.3 is 0 Å². The van der Waals surface area contributed by atoms with Crippen molar-refractivity contribution in [2.75, 3.05) is 79.4 Å². The third-order valence-electron chi connectivity index (χ3n) is 21.4. The van der Waals surface area contributed by atoms with E-state index in [1.54, 1.807) is 83.3 Å². The minimum atomic E-state index is -0.0813. The van der Waals surface area contributed by atoms with Crippen molar-refractivity contribution in [3.05, 3.63) is 215 Å².